The van der Waals surface area contributed by atoms with E-state index in [1.165, 1.54) is 0 Å². The second-order valence-corrected chi connectivity index (χ2v) is 4.60. The van der Waals surface area contributed by atoms with Gasteiger partial charge in [0.15, 0.2) is 5.60 Å². The van der Waals surface area contributed by atoms with Crippen LogP contribution in [-0.2, 0) is 19.1 Å². The Hall–Kier alpha value is -1.32. The van der Waals surface area contributed by atoms with Crippen LogP contribution in [0.2, 0.25) is 0 Å². The average molecular weight is 212 g/mol. The first kappa shape index (κ1) is 11.8. The van der Waals surface area contributed by atoms with Crippen LogP contribution in [0.1, 0.15) is 27.7 Å². The maximum Gasteiger partial charge on any atom is 0.333 e. The molecule has 0 aromatic carbocycles. The Kier molecular flexibility index (Phi) is 2.63. The monoisotopic (exact) mass is 212 g/mol. The topological polar surface area (TPSA) is 52.6 Å². The van der Waals surface area contributed by atoms with Gasteiger partial charge in [-0.15, -0.1) is 0 Å². The standard InChI is InChI=1S/C11H16O4/c1-7(2)8(12)15-11(5)6-14-9(13)10(11,3)4/h1,6H2,2-5H3. The molecule has 15 heavy (non-hydrogen) atoms. The summed E-state index contributed by atoms with van der Waals surface area (Å²) in [6.07, 6.45) is 0. The van der Waals surface area contributed by atoms with Crippen molar-refractivity contribution in [3.05, 3.63) is 12.2 Å². The largest absolute Gasteiger partial charge is 0.461 e. The molecule has 1 saturated heterocycles. The van der Waals surface area contributed by atoms with Crippen molar-refractivity contribution in [2.75, 3.05) is 6.61 Å². The molecule has 4 nitrogen and oxygen atoms in total. The van der Waals surface area contributed by atoms with Crippen LogP contribution in [0.25, 0.3) is 0 Å². The van der Waals surface area contributed by atoms with E-state index in [9.17, 15) is 9.59 Å². The van der Waals surface area contributed by atoms with Crippen molar-refractivity contribution in [2.24, 2.45) is 5.41 Å². The minimum atomic E-state index is -0.917. The molecule has 0 saturated carbocycles. The van der Waals surface area contributed by atoms with Crippen LogP contribution < -0.4 is 0 Å². The van der Waals surface area contributed by atoms with Gasteiger partial charge < -0.3 is 9.47 Å². The van der Waals surface area contributed by atoms with Gasteiger partial charge >= 0.3 is 11.9 Å². The van der Waals surface area contributed by atoms with E-state index in [4.69, 9.17) is 9.47 Å². The van der Waals surface area contributed by atoms with Crippen molar-refractivity contribution in [2.45, 2.75) is 33.3 Å². The van der Waals surface area contributed by atoms with Crippen molar-refractivity contribution in [1.82, 2.24) is 0 Å². The number of carbonyl (C=O) groups is 2. The first-order valence-electron chi connectivity index (χ1n) is 4.77. The molecule has 0 bridgehead atoms. The highest BCUT2D eigenvalue weighted by Crippen LogP contribution is 2.41. The first-order valence-corrected chi connectivity index (χ1v) is 4.77. The minimum Gasteiger partial charge on any atom is -0.461 e. The van der Waals surface area contributed by atoms with E-state index in [2.05, 4.69) is 6.58 Å². The van der Waals surface area contributed by atoms with Crippen molar-refractivity contribution in [3.8, 4) is 0 Å². The molecule has 1 heterocycles. The second kappa shape index (κ2) is 3.36. The van der Waals surface area contributed by atoms with Crippen LogP contribution in [-0.4, -0.2) is 24.1 Å². The molecule has 0 spiro atoms. The highest BCUT2D eigenvalue weighted by atomic mass is 16.6. The third kappa shape index (κ3) is 1.76. The molecule has 1 atom stereocenters. The molecule has 1 aliphatic rings. The Morgan fingerprint density at radius 3 is 2.33 bits per heavy atom. The Balaban J connectivity index is 2.89. The summed E-state index contributed by atoms with van der Waals surface area (Å²) in [4.78, 5) is 22.8. The summed E-state index contributed by atoms with van der Waals surface area (Å²) >= 11 is 0. The third-order valence-electron chi connectivity index (χ3n) is 2.98. The number of hydrogen-bond acceptors (Lipinski definition) is 4. The molecule has 0 radical (unpaired) electrons. The smallest absolute Gasteiger partial charge is 0.333 e. The highest BCUT2D eigenvalue weighted by molar-refractivity contribution is 5.88. The zero-order valence-corrected chi connectivity index (χ0v) is 9.55. The highest BCUT2D eigenvalue weighted by Gasteiger charge is 2.57. The van der Waals surface area contributed by atoms with Gasteiger partial charge in [0.05, 0.1) is 0 Å². The summed E-state index contributed by atoms with van der Waals surface area (Å²) in [6.45, 7) is 10.3. The predicted molar refractivity (Wildman–Crippen MR) is 54.1 cm³/mol. The van der Waals surface area contributed by atoms with Crippen molar-refractivity contribution >= 4 is 11.9 Å². The second-order valence-electron chi connectivity index (χ2n) is 4.60. The van der Waals surface area contributed by atoms with Gasteiger partial charge in [-0.3, -0.25) is 4.79 Å². The summed E-state index contributed by atoms with van der Waals surface area (Å²) in [6, 6.07) is 0. The summed E-state index contributed by atoms with van der Waals surface area (Å²) in [5, 5.41) is 0. The fourth-order valence-electron chi connectivity index (χ4n) is 1.23. The number of cyclic esters (lactones) is 1. The first-order chi connectivity index (χ1) is 6.71. The summed E-state index contributed by atoms with van der Waals surface area (Å²) in [5.41, 5.74) is -1.43. The number of esters is 2. The number of carbonyl (C=O) groups excluding carboxylic acids is 2. The normalized spacial score (nSPS) is 28.4. The molecule has 1 aliphatic heterocycles. The van der Waals surface area contributed by atoms with E-state index in [0.29, 0.717) is 5.57 Å². The van der Waals surface area contributed by atoms with Gasteiger partial charge in [0.1, 0.15) is 12.0 Å². The molecule has 0 aromatic heterocycles. The molecular formula is C11H16O4. The zero-order chi connectivity index (χ0) is 11.9. The Morgan fingerprint density at radius 2 is 2.00 bits per heavy atom. The molecule has 4 heteroatoms. The van der Waals surface area contributed by atoms with Crippen molar-refractivity contribution in [1.29, 1.82) is 0 Å². The SMILES string of the molecule is C=C(C)C(=O)OC1(C)COC(=O)C1(C)C. The third-order valence-corrected chi connectivity index (χ3v) is 2.98. The molecule has 0 N–H and O–H groups in total. The Bertz CT molecular complexity index is 329. The fourth-order valence-corrected chi connectivity index (χ4v) is 1.23. The van der Waals surface area contributed by atoms with Gasteiger partial charge in [0.2, 0.25) is 0 Å². The van der Waals surface area contributed by atoms with Crippen LogP contribution in [0.4, 0.5) is 0 Å². The maximum absolute atomic E-state index is 11.4. The predicted octanol–water partition coefficient (Wildman–Crippen LogP) is 1.45. The van der Waals surface area contributed by atoms with Crippen molar-refractivity contribution < 1.29 is 19.1 Å². The zero-order valence-electron chi connectivity index (χ0n) is 9.55. The van der Waals surface area contributed by atoms with Crippen molar-refractivity contribution in [3.63, 3.8) is 0 Å². The molecule has 0 aliphatic carbocycles. The van der Waals surface area contributed by atoms with E-state index in [-0.39, 0.29) is 12.6 Å². The Morgan fingerprint density at radius 1 is 1.47 bits per heavy atom. The molecule has 0 aromatic rings. The van der Waals surface area contributed by atoms with Crippen LogP contribution >= 0.6 is 0 Å². The van der Waals surface area contributed by atoms with E-state index in [0.717, 1.165) is 0 Å². The summed E-state index contributed by atoms with van der Waals surface area (Å²) < 4.78 is 10.2. The quantitative estimate of drug-likeness (QED) is 0.513. The number of ether oxygens (including phenoxy) is 2. The maximum atomic E-state index is 11.4. The van der Waals surface area contributed by atoms with Crippen LogP contribution in [0, 0.1) is 5.41 Å². The average Bonchev–Trinajstić information content (AvgIpc) is 2.30. The number of rotatable bonds is 2. The summed E-state index contributed by atoms with van der Waals surface area (Å²) in [7, 11) is 0. The van der Waals surface area contributed by atoms with Crippen LogP contribution in [0.15, 0.2) is 12.2 Å². The number of hydrogen-bond donors (Lipinski definition) is 0. The van der Waals surface area contributed by atoms with Gasteiger partial charge in [-0.05, 0) is 27.7 Å². The van der Waals surface area contributed by atoms with E-state index < -0.39 is 17.0 Å². The Labute approximate surface area is 89.2 Å². The summed E-state index contributed by atoms with van der Waals surface area (Å²) in [5.74, 6) is -0.844. The van der Waals surface area contributed by atoms with Gasteiger partial charge in [0, 0.05) is 5.57 Å². The fraction of sp³-hybridized carbons (Fsp3) is 0.636. The lowest BCUT2D eigenvalue weighted by Crippen LogP contribution is -2.46. The molecule has 0 amide bonds. The van der Waals surface area contributed by atoms with E-state index in [1.807, 2.05) is 0 Å². The minimum absolute atomic E-state index is 0.0951. The lowest BCUT2D eigenvalue weighted by molar-refractivity contribution is -0.162. The van der Waals surface area contributed by atoms with E-state index >= 15 is 0 Å². The van der Waals surface area contributed by atoms with Crippen LogP contribution in [0.3, 0.4) is 0 Å². The molecule has 84 valence electrons. The lowest BCUT2D eigenvalue weighted by Gasteiger charge is -2.32. The molecule has 1 unspecified atom stereocenters. The van der Waals surface area contributed by atoms with E-state index in [1.54, 1.807) is 27.7 Å². The molecule has 1 fully saturated rings. The van der Waals surface area contributed by atoms with Crippen LogP contribution in [0.5, 0.6) is 0 Å². The lowest BCUT2D eigenvalue weighted by atomic mass is 9.78. The molecule has 1 rings (SSSR count). The van der Waals surface area contributed by atoms with Gasteiger partial charge in [-0.25, -0.2) is 4.79 Å². The molecular weight excluding hydrogens is 196 g/mol. The van der Waals surface area contributed by atoms with Gasteiger partial charge in [-0.1, -0.05) is 6.58 Å². The van der Waals surface area contributed by atoms with Gasteiger partial charge in [0.25, 0.3) is 0 Å². The van der Waals surface area contributed by atoms with Gasteiger partial charge in [-0.2, -0.15) is 0 Å².